The van der Waals surface area contributed by atoms with Crippen molar-refractivity contribution in [3.8, 4) is 0 Å². The van der Waals surface area contributed by atoms with Gasteiger partial charge in [-0.1, -0.05) is 20.8 Å². The van der Waals surface area contributed by atoms with E-state index in [1.165, 1.54) is 6.20 Å². The summed E-state index contributed by atoms with van der Waals surface area (Å²) in [5.74, 6) is 1.09. The summed E-state index contributed by atoms with van der Waals surface area (Å²) < 4.78 is 1.66. The predicted molar refractivity (Wildman–Crippen MR) is 139 cm³/mol. The van der Waals surface area contributed by atoms with Crippen LogP contribution in [0.25, 0.3) is 5.65 Å². The van der Waals surface area contributed by atoms with E-state index in [1.54, 1.807) is 49.1 Å². The number of carbonyl (C=O) groups excluding carboxylic acids is 1. The number of aromatic nitrogens is 3. The highest BCUT2D eigenvalue weighted by molar-refractivity contribution is 6.17. The number of aldehydes is 1. The lowest BCUT2D eigenvalue weighted by Crippen LogP contribution is -2.23. The second kappa shape index (κ2) is 11.1. The molecule has 10 heteroatoms. The number of allylic oxidation sites excluding steroid dienone is 1. The van der Waals surface area contributed by atoms with E-state index in [0.29, 0.717) is 22.5 Å². The van der Waals surface area contributed by atoms with Crippen LogP contribution in [0.3, 0.4) is 0 Å². The van der Waals surface area contributed by atoms with Crippen molar-refractivity contribution < 1.29 is 4.79 Å². The number of anilines is 2. The first-order valence-corrected chi connectivity index (χ1v) is 10.6. The number of likely N-dealkylation sites (N-methyl/N-ethyl adjacent to an activating group) is 1. The van der Waals surface area contributed by atoms with Crippen molar-refractivity contribution >= 4 is 35.0 Å². The Bertz CT molecular complexity index is 1230. The third-order valence-electron chi connectivity index (χ3n) is 5.11. The van der Waals surface area contributed by atoms with E-state index in [9.17, 15) is 4.79 Å². The molecule has 7 N–H and O–H groups in total. The van der Waals surface area contributed by atoms with Crippen molar-refractivity contribution in [1.29, 1.82) is 5.41 Å². The van der Waals surface area contributed by atoms with Crippen LogP contribution in [-0.4, -0.2) is 53.3 Å². The number of nitrogen functional groups attached to an aromatic ring is 1. The van der Waals surface area contributed by atoms with Gasteiger partial charge in [-0.2, -0.15) is 0 Å². The minimum Gasteiger partial charge on any atom is -0.401 e. The minimum atomic E-state index is 0.00674. The average molecular weight is 464 g/mol. The summed E-state index contributed by atoms with van der Waals surface area (Å²) in [6.07, 6.45) is 7.39. The lowest BCUT2D eigenvalue weighted by atomic mass is 9.92. The fourth-order valence-electron chi connectivity index (χ4n) is 2.95. The van der Waals surface area contributed by atoms with Crippen LogP contribution in [-0.2, 0) is 0 Å². The quantitative estimate of drug-likeness (QED) is 0.221. The van der Waals surface area contributed by atoms with E-state index in [4.69, 9.17) is 16.9 Å². The van der Waals surface area contributed by atoms with Crippen LogP contribution < -0.4 is 22.1 Å². The van der Waals surface area contributed by atoms with Gasteiger partial charge in [-0.05, 0) is 24.3 Å². The second-order valence-electron chi connectivity index (χ2n) is 8.40. The van der Waals surface area contributed by atoms with Crippen LogP contribution in [0.2, 0.25) is 0 Å². The molecule has 180 valence electrons. The first-order chi connectivity index (χ1) is 16.1. The summed E-state index contributed by atoms with van der Waals surface area (Å²) in [5.41, 5.74) is 15.8. The zero-order valence-corrected chi connectivity index (χ0v) is 20.5. The van der Waals surface area contributed by atoms with Gasteiger partial charge in [0.1, 0.15) is 23.0 Å². The first kappa shape index (κ1) is 26.0. The fraction of sp³-hybridized carbons (Fsp3) is 0.292. The van der Waals surface area contributed by atoms with Gasteiger partial charge < -0.3 is 22.1 Å². The second-order valence-corrected chi connectivity index (χ2v) is 8.40. The van der Waals surface area contributed by atoms with Gasteiger partial charge in [-0.25, -0.2) is 9.97 Å². The molecule has 0 saturated carbocycles. The molecule has 0 atom stereocenters. The third-order valence-corrected chi connectivity index (χ3v) is 5.11. The Morgan fingerprint density at radius 1 is 1.24 bits per heavy atom. The van der Waals surface area contributed by atoms with Crippen LogP contribution in [0.15, 0.2) is 53.6 Å². The molecule has 3 aromatic rings. The molecule has 0 spiro atoms. The van der Waals surface area contributed by atoms with Crippen LogP contribution in [0, 0.1) is 10.8 Å². The van der Waals surface area contributed by atoms with E-state index in [0.717, 1.165) is 23.5 Å². The molecule has 0 aliphatic rings. The molecule has 0 fully saturated rings. The molecule has 0 unspecified atom stereocenters. The maximum Gasteiger partial charge on any atom is 0.168 e. The molecular weight excluding hydrogens is 430 g/mol. The molecule has 0 radical (unpaired) electrons. The van der Waals surface area contributed by atoms with Gasteiger partial charge in [0.25, 0.3) is 0 Å². The molecule has 10 nitrogen and oxygen atoms in total. The number of hydrogen-bond acceptors (Lipinski definition) is 8. The summed E-state index contributed by atoms with van der Waals surface area (Å²) in [7, 11) is 5.33. The molecule has 0 saturated heterocycles. The topological polar surface area (TPSA) is 160 Å². The standard InChI is InChI=1S/C15H14N6O.C9H19N3/c1-18-11-2-4-19-15(17)13(11)14(16)9-3-5-21-10(8-22)7-20-12(21)6-9;1-9(2,3)7(10)6-8(11-4)12-5/h2-8,16H,1H3,(H3,17,18,19);6H,10H2,1-5H3,(H,11,12)/b;7-6-. The number of carbonyl (C=O) groups is 1. The molecule has 0 aliphatic carbocycles. The van der Waals surface area contributed by atoms with Gasteiger partial charge in [0.2, 0.25) is 0 Å². The summed E-state index contributed by atoms with van der Waals surface area (Å²) >= 11 is 0. The van der Waals surface area contributed by atoms with Crippen molar-refractivity contribution in [2.75, 3.05) is 32.2 Å². The summed E-state index contributed by atoms with van der Waals surface area (Å²) in [4.78, 5) is 23.1. The van der Waals surface area contributed by atoms with Crippen molar-refractivity contribution in [2.45, 2.75) is 20.8 Å². The Labute approximate surface area is 199 Å². The summed E-state index contributed by atoms with van der Waals surface area (Å²) in [5, 5.41) is 14.4. The number of aliphatic imine (C=N–C) groups is 1. The highest BCUT2D eigenvalue weighted by Crippen LogP contribution is 2.24. The minimum absolute atomic E-state index is 0.00674. The van der Waals surface area contributed by atoms with Gasteiger partial charge in [-0.3, -0.25) is 19.6 Å². The van der Waals surface area contributed by atoms with Crippen LogP contribution in [0.1, 0.15) is 42.4 Å². The first-order valence-electron chi connectivity index (χ1n) is 10.6. The smallest absolute Gasteiger partial charge is 0.168 e. The van der Waals surface area contributed by atoms with E-state index < -0.39 is 0 Å². The Morgan fingerprint density at radius 2 is 1.94 bits per heavy atom. The van der Waals surface area contributed by atoms with Crippen molar-refractivity contribution in [3.63, 3.8) is 0 Å². The molecule has 0 aliphatic heterocycles. The van der Waals surface area contributed by atoms with E-state index in [2.05, 4.69) is 46.4 Å². The molecule has 3 aromatic heterocycles. The SMILES string of the molecule is CN=C(/C=C(\N)C(C)(C)C)NC.CNc1ccnc(N)c1C(=N)c1ccn2c(C=O)cnc2c1. The highest BCUT2D eigenvalue weighted by Gasteiger charge is 2.15. The number of amidine groups is 1. The Kier molecular flexibility index (Phi) is 8.49. The fourth-order valence-corrected chi connectivity index (χ4v) is 2.95. The predicted octanol–water partition coefficient (Wildman–Crippen LogP) is 2.70. The summed E-state index contributed by atoms with van der Waals surface area (Å²) in [6.45, 7) is 6.21. The van der Waals surface area contributed by atoms with Gasteiger partial charge >= 0.3 is 0 Å². The zero-order valence-electron chi connectivity index (χ0n) is 20.5. The third kappa shape index (κ3) is 5.97. The van der Waals surface area contributed by atoms with Crippen LogP contribution in [0.4, 0.5) is 11.5 Å². The van der Waals surface area contributed by atoms with Crippen molar-refractivity contribution in [2.24, 2.45) is 16.1 Å². The molecule has 3 rings (SSSR count). The molecular formula is C24H33N9O. The maximum atomic E-state index is 10.9. The zero-order chi connectivity index (χ0) is 25.5. The number of imidazole rings is 1. The molecule has 0 bridgehead atoms. The van der Waals surface area contributed by atoms with Crippen LogP contribution >= 0.6 is 0 Å². The Hall–Kier alpha value is -4.21. The number of pyridine rings is 2. The maximum absolute atomic E-state index is 10.9. The monoisotopic (exact) mass is 463 g/mol. The van der Waals surface area contributed by atoms with Gasteiger partial charge in [-0.15, -0.1) is 0 Å². The van der Waals surface area contributed by atoms with Gasteiger partial charge in [0.05, 0.1) is 17.5 Å². The van der Waals surface area contributed by atoms with E-state index in [1.807, 2.05) is 13.1 Å². The van der Waals surface area contributed by atoms with Crippen molar-refractivity contribution in [1.82, 2.24) is 19.7 Å². The lowest BCUT2D eigenvalue weighted by molar-refractivity contribution is 0.111. The normalized spacial score (nSPS) is 12.1. The van der Waals surface area contributed by atoms with Crippen LogP contribution in [0.5, 0.6) is 0 Å². The van der Waals surface area contributed by atoms with Crippen molar-refractivity contribution in [3.05, 3.63) is 65.4 Å². The number of nitrogens with zero attached hydrogens (tertiary/aromatic N) is 4. The molecule has 0 aromatic carbocycles. The molecule has 3 heterocycles. The number of fused-ring (bicyclic) bond motifs is 1. The molecule has 0 amide bonds. The van der Waals surface area contributed by atoms with E-state index >= 15 is 0 Å². The number of nitrogens with two attached hydrogens (primary N) is 2. The largest absolute Gasteiger partial charge is 0.401 e. The Balaban J connectivity index is 0.000000292. The lowest BCUT2D eigenvalue weighted by Gasteiger charge is -2.19. The average Bonchev–Trinajstić information content (AvgIpc) is 3.23. The van der Waals surface area contributed by atoms with E-state index in [-0.39, 0.29) is 16.9 Å². The number of rotatable bonds is 5. The summed E-state index contributed by atoms with van der Waals surface area (Å²) in [6, 6.07) is 5.25. The Morgan fingerprint density at radius 3 is 2.50 bits per heavy atom. The van der Waals surface area contributed by atoms with Gasteiger partial charge in [0, 0.05) is 55.9 Å². The van der Waals surface area contributed by atoms with Gasteiger partial charge in [0.15, 0.2) is 6.29 Å². The number of hydrogen-bond donors (Lipinski definition) is 5. The number of nitrogens with one attached hydrogen (secondary N) is 3. The highest BCUT2D eigenvalue weighted by atomic mass is 16.1. The molecule has 34 heavy (non-hydrogen) atoms.